The Morgan fingerprint density at radius 2 is 0.825 bits per heavy atom. The second-order valence-electron chi connectivity index (χ2n) is 4.01. The molecule has 0 saturated heterocycles. The number of para-hydroxylation sites is 1. The van der Waals surface area contributed by atoms with Gasteiger partial charge in [0.25, 0.3) is 0 Å². The van der Waals surface area contributed by atoms with Gasteiger partial charge in [0, 0.05) is 496 Å². The summed E-state index contributed by atoms with van der Waals surface area (Å²) in [6.45, 7) is 16.0. The number of carbonyl (C=O) groups is 1. The second kappa shape index (κ2) is 81.4. The maximum Gasteiger partial charge on any atom is 0.248 e. The molecule has 0 saturated carbocycles. The van der Waals surface area contributed by atoms with Crippen LogP contribution in [0.3, 0.4) is 0 Å². The fourth-order valence-electron chi connectivity index (χ4n) is 2.30. The molecule has 2 aromatic carbocycles. The van der Waals surface area contributed by atoms with Crippen LogP contribution in [0.4, 0.5) is 0 Å². The molecule has 0 unspecified atom stereocenters. The van der Waals surface area contributed by atoms with Gasteiger partial charge in [-0.05, 0) is 5.39 Å². The van der Waals surface area contributed by atoms with Crippen LogP contribution in [0.25, 0.3) is 21.8 Å². The van der Waals surface area contributed by atoms with Crippen LogP contribution >= 0.6 is 0 Å². The van der Waals surface area contributed by atoms with Crippen LogP contribution in [-0.2, 0) is 491 Å². The maximum absolute atomic E-state index is 11.5. The normalized spacial score (nSPS) is 5.30. The van der Waals surface area contributed by atoms with E-state index >= 15 is 0 Å². The predicted octanol–water partition coefficient (Wildman–Crippen LogP) is 6.60. The zero-order valence-electron chi connectivity index (χ0n) is 25.8. The molecule has 0 aliphatic heterocycles. The molecule has 3 nitrogen and oxygen atoms in total. The summed E-state index contributed by atoms with van der Waals surface area (Å²) in [5.74, 6) is -0.410. The number of primary amides is 1. The Kier molecular flexibility index (Phi) is 225. The molecule has 15 radical (unpaired) electrons. The number of hydrogen-bond donors (Lipinski definition) is 1. The predicted molar refractivity (Wildman–Crippen MR) is 114 cm³/mol. The van der Waals surface area contributed by atoms with Crippen molar-refractivity contribution < 1.29 is 495 Å². The summed E-state index contributed by atoms with van der Waals surface area (Å²) < 4.78 is 1.83. The van der Waals surface area contributed by atoms with Crippen molar-refractivity contribution in [3.05, 3.63) is 55.1 Å². The average molecular weight is 1680 g/mol. The van der Waals surface area contributed by atoms with E-state index in [2.05, 4.69) is 7.05 Å². The van der Waals surface area contributed by atoms with E-state index in [1.54, 1.807) is 6.07 Å². The number of rotatable bonds is 1. The zero-order chi connectivity index (χ0) is 20.0. The van der Waals surface area contributed by atoms with Gasteiger partial charge in [-0.3, -0.25) is 4.79 Å². The van der Waals surface area contributed by atoms with Crippen molar-refractivity contribution >= 4 is 27.7 Å². The Bertz CT molecular complexity index is 780. The van der Waals surface area contributed by atoms with E-state index < -0.39 is 5.91 Å². The number of carbonyl (C=O) groups excluding carboxylic acids is 1. The number of benzene rings is 2. The average Bonchev–Trinajstić information content (AvgIpc) is 3.01. The van der Waals surface area contributed by atoms with Gasteiger partial charge in [-0.25, -0.2) is 0 Å². The first kappa shape index (κ1) is 111. The molecular formula is C22H35N2OY15-. The number of amides is 1. The number of fused-ring (bicyclic) bond motifs is 3. The number of nitrogens with two attached hydrogens (primary N) is 1. The Morgan fingerprint density at radius 3 is 1.15 bits per heavy atom. The van der Waals surface area contributed by atoms with Crippen molar-refractivity contribution in [2.75, 3.05) is 0 Å². The van der Waals surface area contributed by atoms with Crippen molar-refractivity contribution in [3.8, 4) is 0 Å². The van der Waals surface area contributed by atoms with E-state index in [0.29, 0.717) is 5.56 Å². The minimum atomic E-state index is -0.410. The number of hydrogen-bond acceptors (Lipinski definition) is 1. The Morgan fingerprint density at radius 1 is 0.525 bits per heavy atom. The third-order valence-electron chi connectivity index (χ3n) is 3.06. The number of aromatic nitrogens is 1. The minimum Gasteiger partial charge on any atom is -0.481 e. The van der Waals surface area contributed by atoms with Gasteiger partial charge in [0.2, 0.25) is 5.91 Å². The van der Waals surface area contributed by atoms with Gasteiger partial charge < -0.3 is 10.3 Å². The molecule has 1 amide bonds. The van der Waals surface area contributed by atoms with Crippen molar-refractivity contribution in [1.82, 2.24) is 4.57 Å². The van der Waals surface area contributed by atoms with Gasteiger partial charge in [0.1, 0.15) is 0 Å². The summed E-state index contributed by atoms with van der Waals surface area (Å²) in [4.78, 5) is 11.5. The van der Waals surface area contributed by atoms with E-state index in [9.17, 15) is 4.79 Å². The fourth-order valence-corrected chi connectivity index (χ4v) is 2.30. The standard InChI is InChI=1S/C14H11N2O.4C2H6.15Y/c1-16-11-7-3-2-5-9(11)13-10(14(15)17)6-4-8-12(13)16;4*1-2;;;;;;;;;;;;;;;/h2-8H,1H2,(H2,15,17);4*1-2H3;;;;;;;;;;;;;;;/q-1;;;;;;;;;;;;;;;;;;;. The summed E-state index contributed by atoms with van der Waals surface area (Å²) in [6, 6.07) is 13.4. The summed E-state index contributed by atoms with van der Waals surface area (Å²) >= 11 is 0. The smallest absolute Gasteiger partial charge is 0.248 e. The maximum atomic E-state index is 11.5. The first-order valence-electron chi connectivity index (χ1n) is 9.33. The monoisotopic (exact) mass is 1680 g/mol. The quantitative estimate of drug-likeness (QED) is 0.275. The molecular weight excluding hydrogens is 1640 g/mol. The first-order chi connectivity index (χ1) is 12.2. The van der Waals surface area contributed by atoms with Gasteiger partial charge in [-0.1, -0.05) is 114 Å². The molecule has 3 aromatic rings. The molecule has 3 rings (SSSR count). The molecule has 0 bridgehead atoms. The zero-order valence-corrected chi connectivity index (χ0v) is 68.4. The molecule has 0 fully saturated rings. The third-order valence-corrected chi connectivity index (χ3v) is 3.06. The van der Waals surface area contributed by atoms with Gasteiger partial charge >= 0.3 is 0 Å². The molecule has 0 aliphatic carbocycles. The largest absolute Gasteiger partial charge is 0.481 e. The van der Waals surface area contributed by atoms with Crippen LogP contribution in [0.5, 0.6) is 0 Å². The van der Waals surface area contributed by atoms with E-state index in [1.165, 1.54) is 0 Å². The first-order valence-corrected chi connectivity index (χ1v) is 9.33. The minimum absolute atomic E-state index is 0. The van der Waals surface area contributed by atoms with Crippen LogP contribution < -0.4 is 5.73 Å². The molecule has 0 aliphatic rings. The fraction of sp³-hybridized carbons (Fsp3) is 0.364. The Hall–Kier alpha value is 14.1. The van der Waals surface area contributed by atoms with E-state index in [0.717, 1.165) is 21.8 Å². The van der Waals surface area contributed by atoms with Gasteiger partial charge in [0.15, 0.2) is 0 Å². The van der Waals surface area contributed by atoms with E-state index in [1.807, 2.05) is 96.4 Å². The molecule has 1 heterocycles. The van der Waals surface area contributed by atoms with Crippen molar-refractivity contribution in [2.24, 2.45) is 5.73 Å². The molecule has 0 spiro atoms. The van der Waals surface area contributed by atoms with Gasteiger partial charge in [-0.2, -0.15) is 0 Å². The SMILES string of the molecule is CC.CC.CC.CC.[CH2-]n1c2ccccc2c2c(C(N)=O)cccc21.[Y].[Y].[Y].[Y].[Y].[Y].[Y].[Y].[Y].[Y].[Y].[Y].[Y].[Y].[Y]. The summed E-state index contributed by atoms with van der Waals surface area (Å²) in [5.41, 5.74) is 7.87. The Labute approximate surface area is 624 Å². The van der Waals surface area contributed by atoms with Crippen molar-refractivity contribution in [2.45, 2.75) is 55.4 Å². The van der Waals surface area contributed by atoms with Crippen LogP contribution in [-0.4, -0.2) is 10.5 Å². The van der Waals surface area contributed by atoms with Crippen LogP contribution in [0.2, 0.25) is 0 Å². The Balaban J connectivity index is -0.0000000143. The summed E-state index contributed by atoms with van der Waals surface area (Å²) in [7, 11) is 4.00. The van der Waals surface area contributed by atoms with E-state index in [-0.39, 0.29) is 491 Å². The van der Waals surface area contributed by atoms with Gasteiger partial charge in [0.05, 0.1) is 0 Å². The summed E-state index contributed by atoms with van der Waals surface area (Å²) in [6.07, 6.45) is 0. The molecule has 40 heavy (non-hydrogen) atoms. The third kappa shape index (κ3) is 44.8. The molecule has 18 heteroatoms. The second-order valence-corrected chi connectivity index (χ2v) is 4.01. The van der Waals surface area contributed by atoms with Gasteiger partial charge in [-0.15, -0.1) is 7.05 Å². The van der Waals surface area contributed by atoms with Crippen molar-refractivity contribution in [3.63, 3.8) is 0 Å². The summed E-state index contributed by atoms with van der Waals surface area (Å²) in [5, 5.41) is 1.89. The number of nitrogens with zero attached hydrogens (tertiary/aromatic N) is 1. The molecule has 185 valence electrons. The van der Waals surface area contributed by atoms with Crippen LogP contribution in [0.15, 0.2) is 42.5 Å². The van der Waals surface area contributed by atoms with E-state index in [4.69, 9.17) is 5.73 Å². The molecule has 1 aromatic heterocycles. The molecule has 0 atom stereocenters. The van der Waals surface area contributed by atoms with Crippen LogP contribution in [0.1, 0.15) is 65.7 Å². The van der Waals surface area contributed by atoms with Crippen molar-refractivity contribution in [1.29, 1.82) is 0 Å². The van der Waals surface area contributed by atoms with Crippen LogP contribution in [0, 0.1) is 7.05 Å². The molecule has 2 N–H and O–H groups in total. The topological polar surface area (TPSA) is 48.0 Å².